The molecule has 1 atom stereocenters. The van der Waals surface area contributed by atoms with Crippen LogP contribution in [-0.2, 0) is 10.3 Å². The molecule has 0 aliphatic heterocycles. The largest absolute Gasteiger partial charge is 0.338 e. The van der Waals surface area contributed by atoms with E-state index in [1.54, 1.807) is 18.3 Å². The molecule has 1 aliphatic rings. The Morgan fingerprint density at radius 2 is 1.88 bits per heavy atom. The van der Waals surface area contributed by atoms with Crippen molar-refractivity contribution in [1.29, 1.82) is 0 Å². The van der Waals surface area contributed by atoms with Crippen molar-refractivity contribution >= 4 is 29.1 Å². The highest BCUT2D eigenvalue weighted by Gasteiger charge is 2.47. The lowest BCUT2D eigenvalue weighted by molar-refractivity contribution is -0.120. The van der Waals surface area contributed by atoms with Crippen molar-refractivity contribution in [2.24, 2.45) is 0 Å². The minimum absolute atomic E-state index is 0.183. The lowest BCUT2D eigenvalue weighted by Crippen LogP contribution is -2.45. The highest BCUT2D eigenvalue weighted by Crippen LogP contribution is 2.51. The third kappa shape index (κ3) is 2.33. The smallest absolute Gasteiger partial charge is 0.218 e. The highest BCUT2D eigenvalue weighted by atomic mass is 35.5. The molecule has 2 aromatic carbocycles. The van der Waals surface area contributed by atoms with Gasteiger partial charge in [0.05, 0.1) is 5.69 Å². The second kappa shape index (κ2) is 5.83. The summed E-state index contributed by atoms with van der Waals surface area (Å²) in [6.45, 7) is 1.48. The normalized spacial score (nSPS) is 17.7. The molecule has 0 radical (unpaired) electrons. The van der Waals surface area contributed by atoms with Crippen LogP contribution < -0.4 is 5.32 Å². The van der Waals surface area contributed by atoms with E-state index in [-0.39, 0.29) is 5.91 Å². The van der Waals surface area contributed by atoms with Gasteiger partial charge in [0.2, 0.25) is 5.91 Å². The number of nitrogens with zero attached hydrogens (tertiary/aromatic N) is 2. The first-order chi connectivity index (χ1) is 12.0. The molecule has 4 rings (SSSR count). The molecule has 1 amide bonds. The molecule has 124 valence electrons. The van der Waals surface area contributed by atoms with Crippen molar-refractivity contribution < 1.29 is 4.79 Å². The first-order valence-corrected chi connectivity index (χ1v) is 8.44. The number of fused-ring (bicyclic) bond motifs is 3. The zero-order valence-electron chi connectivity index (χ0n) is 13.3. The first kappa shape index (κ1) is 16.1. The van der Waals surface area contributed by atoms with Crippen molar-refractivity contribution in [2.45, 2.75) is 12.5 Å². The molecule has 1 N–H and O–H groups in total. The first-order valence-electron chi connectivity index (χ1n) is 7.68. The zero-order valence-corrected chi connectivity index (χ0v) is 14.8. The van der Waals surface area contributed by atoms with Crippen LogP contribution in [0.1, 0.15) is 23.6 Å². The number of nitrogens with one attached hydrogen (secondary N) is 1. The van der Waals surface area contributed by atoms with Crippen molar-refractivity contribution in [2.75, 3.05) is 0 Å². The molecule has 0 spiro atoms. The van der Waals surface area contributed by atoms with Crippen molar-refractivity contribution in [3.8, 4) is 11.3 Å². The number of hydrogen-bond donors (Lipinski definition) is 1. The molecule has 1 aromatic heterocycles. The van der Waals surface area contributed by atoms with Crippen LogP contribution in [0.15, 0.2) is 55.0 Å². The fourth-order valence-corrected chi connectivity index (χ4v) is 4.08. The zero-order chi connectivity index (χ0) is 17.6. The van der Waals surface area contributed by atoms with Crippen LogP contribution in [0.25, 0.3) is 11.3 Å². The van der Waals surface area contributed by atoms with Crippen molar-refractivity contribution in [3.63, 3.8) is 0 Å². The number of amides is 1. The predicted octanol–water partition coefficient (Wildman–Crippen LogP) is 4.19. The summed E-state index contributed by atoms with van der Waals surface area (Å²) in [5.41, 5.74) is 3.20. The van der Waals surface area contributed by atoms with Crippen LogP contribution in [0, 0.1) is 0 Å². The monoisotopic (exact) mass is 369 g/mol. The van der Waals surface area contributed by atoms with Gasteiger partial charge in [-0.2, -0.15) is 0 Å². The summed E-state index contributed by atoms with van der Waals surface area (Å²) < 4.78 is 0. The van der Waals surface area contributed by atoms with E-state index in [1.807, 2.05) is 30.3 Å². The highest BCUT2D eigenvalue weighted by molar-refractivity contribution is 6.35. The molecule has 3 aromatic rings. The van der Waals surface area contributed by atoms with Gasteiger partial charge >= 0.3 is 0 Å². The summed E-state index contributed by atoms with van der Waals surface area (Å²) in [4.78, 5) is 20.8. The van der Waals surface area contributed by atoms with E-state index >= 15 is 0 Å². The maximum atomic E-state index is 12.2. The Balaban J connectivity index is 2.13. The Labute approximate surface area is 154 Å². The van der Waals surface area contributed by atoms with E-state index in [0.717, 1.165) is 27.9 Å². The maximum Gasteiger partial charge on any atom is 0.218 e. The topological polar surface area (TPSA) is 54.9 Å². The van der Waals surface area contributed by atoms with Crippen LogP contribution in [0.5, 0.6) is 0 Å². The molecule has 0 saturated heterocycles. The van der Waals surface area contributed by atoms with Gasteiger partial charge in [0.1, 0.15) is 11.9 Å². The molecule has 0 fully saturated rings. The van der Waals surface area contributed by atoms with Gasteiger partial charge in [0.25, 0.3) is 0 Å². The molecule has 4 nitrogen and oxygen atoms in total. The summed E-state index contributed by atoms with van der Waals surface area (Å²) >= 11 is 12.6. The van der Waals surface area contributed by atoms with Gasteiger partial charge in [-0.1, -0.05) is 53.5 Å². The average Bonchev–Trinajstić information content (AvgIpc) is 2.86. The summed E-state index contributed by atoms with van der Waals surface area (Å²) in [7, 11) is 0. The minimum atomic E-state index is -0.958. The molecular weight excluding hydrogens is 357 g/mol. The SMILES string of the molecule is CC(=O)NC1(c2ccc(Cl)cc2Cl)c2ccccc2-c2ncncc21. The standard InChI is InChI=1S/C19H13Cl2N3O/c1-11(25)24-19(15-7-6-12(20)8-17(15)21)14-5-3-2-4-13(14)18-16(19)9-22-10-23-18/h2-10H,1H3,(H,24,25). The van der Waals surface area contributed by atoms with Crippen molar-refractivity contribution in [3.05, 3.63) is 81.7 Å². The lowest BCUT2D eigenvalue weighted by Gasteiger charge is -2.33. The van der Waals surface area contributed by atoms with Gasteiger partial charge in [0, 0.05) is 39.9 Å². The summed E-state index contributed by atoms with van der Waals surface area (Å²) in [5, 5.41) is 4.09. The average molecular weight is 370 g/mol. The van der Waals surface area contributed by atoms with Crippen LogP contribution in [0.3, 0.4) is 0 Å². The molecule has 1 unspecified atom stereocenters. The van der Waals surface area contributed by atoms with Crippen LogP contribution in [0.4, 0.5) is 0 Å². The molecule has 0 bridgehead atoms. The quantitative estimate of drug-likeness (QED) is 0.736. The lowest BCUT2D eigenvalue weighted by atomic mass is 9.81. The number of carbonyl (C=O) groups is 1. The fraction of sp³-hybridized carbons (Fsp3) is 0.105. The van der Waals surface area contributed by atoms with Gasteiger partial charge in [-0.3, -0.25) is 4.79 Å². The third-order valence-electron chi connectivity index (χ3n) is 4.40. The molecule has 1 aliphatic carbocycles. The number of benzene rings is 2. The van der Waals surface area contributed by atoms with Gasteiger partial charge in [-0.25, -0.2) is 9.97 Å². The number of carbonyl (C=O) groups excluding carboxylic acids is 1. The fourth-order valence-electron chi connectivity index (χ4n) is 3.53. The molecule has 6 heteroatoms. The van der Waals surface area contributed by atoms with E-state index in [1.165, 1.54) is 13.3 Å². The number of hydrogen-bond acceptors (Lipinski definition) is 3. The van der Waals surface area contributed by atoms with E-state index in [0.29, 0.717) is 10.0 Å². The van der Waals surface area contributed by atoms with Gasteiger partial charge in [-0.05, 0) is 17.7 Å². The number of aromatic nitrogens is 2. The summed E-state index contributed by atoms with van der Waals surface area (Å²) in [6.07, 6.45) is 3.23. The second-order valence-electron chi connectivity index (χ2n) is 5.89. The Bertz CT molecular complexity index is 958. The Morgan fingerprint density at radius 3 is 2.64 bits per heavy atom. The van der Waals surface area contributed by atoms with Crippen molar-refractivity contribution in [1.82, 2.24) is 15.3 Å². The van der Waals surface area contributed by atoms with Gasteiger partial charge in [0.15, 0.2) is 0 Å². The van der Waals surface area contributed by atoms with Crippen LogP contribution >= 0.6 is 23.2 Å². The minimum Gasteiger partial charge on any atom is -0.338 e. The third-order valence-corrected chi connectivity index (χ3v) is 4.95. The van der Waals surface area contributed by atoms with Crippen LogP contribution in [0.2, 0.25) is 10.0 Å². The Hall–Kier alpha value is -2.43. The second-order valence-corrected chi connectivity index (χ2v) is 6.73. The maximum absolute atomic E-state index is 12.2. The number of halogens is 2. The van der Waals surface area contributed by atoms with Crippen LogP contribution in [-0.4, -0.2) is 15.9 Å². The van der Waals surface area contributed by atoms with Gasteiger partial charge < -0.3 is 5.32 Å². The Morgan fingerprint density at radius 1 is 1.08 bits per heavy atom. The molecular formula is C19H13Cl2N3O. The van der Waals surface area contributed by atoms with E-state index in [2.05, 4.69) is 15.3 Å². The Kier molecular flexibility index (Phi) is 3.74. The summed E-state index contributed by atoms with van der Waals surface area (Å²) in [5.74, 6) is -0.183. The van der Waals surface area contributed by atoms with E-state index in [9.17, 15) is 4.79 Å². The molecule has 1 heterocycles. The predicted molar refractivity (Wildman–Crippen MR) is 97.6 cm³/mol. The van der Waals surface area contributed by atoms with Gasteiger partial charge in [-0.15, -0.1) is 0 Å². The van der Waals surface area contributed by atoms with E-state index in [4.69, 9.17) is 23.2 Å². The summed E-state index contributed by atoms with van der Waals surface area (Å²) in [6, 6.07) is 13.1. The molecule has 0 saturated carbocycles. The van der Waals surface area contributed by atoms with E-state index < -0.39 is 5.54 Å². The number of rotatable bonds is 2. The molecule has 25 heavy (non-hydrogen) atoms.